The Labute approximate surface area is 150 Å². The lowest BCUT2D eigenvalue weighted by molar-refractivity contribution is -0.143. The quantitative estimate of drug-likeness (QED) is 0.842. The molecule has 4 rings (SSSR count). The summed E-state index contributed by atoms with van der Waals surface area (Å²) in [6.07, 6.45) is 7.07. The van der Waals surface area contributed by atoms with Crippen LogP contribution in [0, 0.1) is 35.5 Å². The Bertz CT molecular complexity index is 534. The summed E-state index contributed by atoms with van der Waals surface area (Å²) in [5.74, 6) is 2.51. The third kappa shape index (κ3) is 2.83. The summed E-state index contributed by atoms with van der Waals surface area (Å²) < 4.78 is 6.20. The topological polar surface area (TPSA) is 66.8 Å². The molecule has 4 atom stereocenters. The molecule has 3 aliphatic carbocycles. The fourth-order valence-electron chi connectivity index (χ4n) is 6.27. The number of hydrogen-bond acceptors (Lipinski definition) is 3. The fraction of sp³-hybridized carbons (Fsp3) is 0.900. The molecular weight excluding hydrogens is 318 g/mol. The molecule has 1 heterocycles. The molecule has 1 aliphatic heterocycles. The molecule has 2 bridgehead atoms. The van der Waals surface area contributed by atoms with E-state index in [1.54, 1.807) is 4.90 Å². The Morgan fingerprint density at radius 2 is 1.60 bits per heavy atom. The largest absolute Gasteiger partial charge is 0.481 e. The van der Waals surface area contributed by atoms with E-state index in [0.29, 0.717) is 31.8 Å². The van der Waals surface area contributed by atoms with Crippen LogP contribution in [0.2, 0.25) is 0 Å². The van der Waals surface area contributed by atoms with Gasteiger partial charge in [-0.15, -0.1) is 0 Å². The molecule has 4 fully saturated rings. The van der Waals surface area contributed by atoms with Gasteiger partial charge in [0.25, 0.3) is 0 Å². The van der Waals surface area contributed by atoms with Crippen LogP contribution in [-0.2, 0) is 9.53 Å². The van der Waals surface area contributed by atoms with Crippen LogP contribution < -0.4 is 0 Å². The van der Waals surface area contributed by atoms with Crippen molar-refractivity contribution in [3.8, 4) is 0 Å². The Morgan fingerprint density at radius 1 is 1.04 bits per heavy atom. The van der Waals surface area contributed by atoms with Gasteiger partial charge in [0, 0.05) is 13.1 Å². The zero-order valence-electron chi connectivity index (χ0n) is 15.4. The number of aliphatic carboxylic acids is 1. The molecule has 25 heavy (non-hydrogen) atoms. The van der Waals surface area contributed by atoms with Gasteiger partial charge in [-0.1, -0.05) is 13.8 Å². The van der Waals surface area contributed by atoms with Gasteiger partial charge in [-0.2, -0.15) is 0 Å². The van der Waals surface area contributed by atoms with E-state index in [1.165, 1.54) is 19.3 Å². The smallest absolute Gasteiger partial charge is 0.410 e. The predicted molar refractivity (Wildman–Crippen MR) is 93.0 cm³/mol. The highest BCUT2D eigenvalue weighted by molar-refractivity contribution is 5.72. The van der Waals surface area contributed by atoms with E-state index in [9.17, 15) is 9.59 Å². The number of carbonyl (C=O) groups excluding carboxylic acids is 1. The van der Waals surface area contributed by atoms with Crippen molar-refractivity contribution in [3.05, 3.63) is 0 Å². The van der Waals surface area contributed by atoms with Crippen LogP contribution in [0.3, 0.4) is 0 Å². The molecule has 1 N–H and O–H groups in total. The van der Waals surface area contributed by atoms with Crippen molar-refractivity contribution in [3.63, 3.8) is 0 Å². The zero-order valence-corrected chi connectivity index (χ0v) is 15.4. The number of hydrogen-bond donors (Lipinski definition) is 1. The van der Waals surface area contributed by atoms with E-state index in [0.717, 1.165) is 36.5 Å². The van der Waals surface area contributed by atoms with Gasteiger partial charge >= 0.3 is 12.1 Å². The number of piperidine rings is 1. The predicted octanol–water partition coefficient (Wildman–Crippen LogP) is 3.77. The van der Waals surface area contributed by atoms with Crippen LogP contribution in [0.4, 0.5) is 4.79 Å². The molecule has 1 saturated heterocycles. The maximum atomic E-state index is 12.8. The number of amides is 1. The van der Waals surface area contributed by atoms with Crippen LogP contribution in [0.5, 0.6) is 0 Å². The van der Waals surface area contributed by atoms with Crippen molar-refractivity contribution in [1.82, 2.24) is 4.90 Å². The summed E-state index contributed by atoms with van der Waals surface area (Å²) in [5, 5.41) is 9.12. The first-order valence-corrected chi connectivity index (χ1v) is 10.1. The summed E-state index contributed by atoms with van der Waals surface area (Å²) in [6.45, 7) is 5.38. The maximum Gasteiger partial charge on any atom is 0.410 e. The lowest BCUT2D eigenvalue weighted by Crippen LogP contribution is -2.46. The van der Waals surface area contributed by atoms with Gasteiger partial charge in [0.2, 0.25) is 0 Å². The van der Waals surface area contributed by atoms with Gasteiger partial charge in [-0.3, -0.25) is 4.79 Å². The van der Waals surface area contributed by atoms with E-state index in [1.807, 2.05) is 0 Å². The minimum absolute atomic E-state index is 0.218. The van der Waals surface area contributed by atoms with Gasteiger partial charge < -0.3 is 14.7 Å². The summed E-state index contributed by atoms with van der Waals surface area (Å²) in [4.78, 5) is 25.6. The number of carboxylic acid groups (broad SMARTS) is 1. The van der Waals surface area contributed by atoms with Crippen molar-refractivity contribution < 1.29 is 19.4 Å². The van der Waals surface area contributed by atoms with Crippen molar-refractivity contribution in [2.45, 2.75) is 64.4 Å². The average molecular weight is 349 g/mol. The van der Waals surface area contributed by atoms with Crippen molar-refractivity contribution in [1.29, 1.82) is 0 Å². The summed E-state index contributed by atoms with van der Waals surface area (Å²) in [5.41, 5.74) is -0.308. The first-order chi connectivity index (χ1) is 11.9. The summed E-state index contributed by atoms with van der Waals surface area (Å²) in [7, 11) is 0. The van der Waals surface area contributed by atoms with E-state index in [-0.39, 0.29) is 17.6 Å². The number of rotatable bonds is 3. The van der Waals surface area contributed by atoms with Crippen LogP contribution in [0.25, 0.3) is 0 Å². The third-order valence-corrected chi connectivity index (χ3v) is 7.88. The molecule has 5 heteroatoms. The molecule has 4 unspecified atom stereocenters. The SMILES string of the molecule is CC(C)C1(OC(=O)N2CCC(C(=O)O)CC2)CC2C3CCC(C3)C2C1. The standard InChI is InChI=1S/C20H31NO4/c1-12(2)20(10-16-14-3-4-15(9-14)17(16)11-20)25-19(24)21-7-5-13(6-8-21)18(22)23/h12-17H,3-11H2,1-2H3,(H,22,23). The molecule has 0 aromatic heterocycles. The van der Waals surface area contributed by atoms with E-state index >= 15 is 0 Å². The molecule has 3 saturated carbocycles. The van der Waals surface area contributed by atoms with Crippen LogP contribution in [0.1, 0.15) is 58.8 Å². The lowest BCUT2D eigenvalue weighted by atomic mass is 9.82. The molecular formula is C20H31NO4. The highest BCUT2D eigenvalue weighted by atomic mass is 16.6. The third-order valence-electron chi connectivity index (χ3n) is 7.88. The minimum atomic E-state index is -0.745. The van der Waals surface area contributed by atoms with E-state index in [2.05, 4.69) is 13.8 Å². The van der Waals surface area contributed by atoms with Gasteiger partial charge in [0.15, 0.2) is 0 Å². The highest BCUT2D eigenvalue weighted by Crippen LogP contribution is 2.63. The van der Waals surface area contributed by atoms with Crippen LogP contribution in [-0.4, -0.2) is 40.8 Å². The lowest BCUT2D eigenvalue weighted by Gasteiger charge is -2.38. The molecule has 0 radical (unpaired) electrons. The van der Waals surface area contributed by atoms with Gasteiger partial charge in [-0.05, 0) is 74.5 Å². The van der Waals surface area contributed by atoms with Crippen LogP contribution in [0.15, 0.2) is 0 Å². The first-order valence-electron chi connectivity index (χ1n) is 10.1. The van der Waals surface area contributed by atoms with Crippen LogP contribution >= 0.6 is 0 Å². The second kappa shape index (κ2) is 6.17. The highest BCUT2D eigenvalue weighted by Gasteiger charge is 2.59. The molecule has 4 aliphatic rings. The second-order valence-electron chi connectivity index (χ2n) is 9.26. The maximum absolute atomic E-state index is 12.8. The average Bonchev–Trinajstić information content (AvgIpc) is 3.26. The minimum Gasteiger partial charge on any atom is -0.481 e. The molecule has 0 spiro atoms. The Balaban J connectivity index is 1.41. The normalized spacial score (nSPS) is 40.5. The van der Waals surface area contributed by atoms with Crippen molar-refractivity contribution in [2.24, 2.45) is 35.5 Å². The molecule has 140 valence electrons. The summed E-state index contributed by atoms with van der Waals surface area (Å²) >= 11 is 0. The Hall–Kier alpha value is -1.26. The van der Waals surface area contributed by atoms with Gasteiger partial charge in [0.1, 0.15) is 5.60 Å². The molecule has 1 amide bonds. The fourth-order valence-corrected chi connectivity index (χ4v) is 6.27. The van der Waals surface area contributed by atoms with E-state index in [4.69, 9.17) is 9.84 Å². The number of nitrogens with zero attached hydrogens (tertiary/aromatic N) is 1. The van der Waals surface area contributed by atoms with Crippen molar-refractivity contribution in [2.75, 3.05) is 13.1 Å². The summed E-state index contributed by atoms with van der Waals surface area (Å²) in [6, 6.07) is 0. The Kier molecular flexibility index (Phi) is 4.24. The van der Waals surface area contributed by atoms with E-state index < -0.39 is 5.97 Å². The zero-order chi connectivity index (χ0) is 17.8. The molecule has 0 aromatic carbocycles. The molecule has 0 aromatic rings. The number of carboxylic acids is 1. The second-order valence-corrected chi connectivity index (χ2v) is 9.26. The number of ether oxygens (including phenoxy) is 1. The number of likely N-dealkylation sites (tertiary alicyclic amines) is 1. The first kappa shape index (κ1) is 17.2. The monoisotopic (exact) mass is 349 g/mol. The number of carbonyl (C=O) groups is 2. The van der Waals surface area contributed by atoms with Gasteiger partial charge in [0.05, 0.1) is 5.92 Å². The number of fused-ring (bicyclic) bond motifs is 5. The molecule has 5 nitrogen and oxygen atoms in total. The van der Waals surface area contributed by atoms with Crippen molar-refractivity contribution >= 4 is 12.1 Å². The Morgan fingerprint density at radius 3 is 2.08 bits per heavy atom. The van der Waals surface area contributed by atoms with Gasteiger partial charge in [-0.25, -0.2) is 4.79 Å².